The van der Waals surface area contributed by atoms with Crippen molar-refractivity contribution >= 4 is 21.8 Å². The summed E-state index contributed by atoms with van der Waals surface area (Å²) >= 11 is 0. The lowest BCUT2D eigenvalue weighted by atomic mass is 9.99. The van der Waals surface area contributed by atoms with Crippen LogP contribution in [0.2, 0.25) is 0 Å². The lowest BCUT2D eigenvalue weighted by Crippen LogP contribution is -2.48. The predicted molar refractivity (Wildman–Crippen MR) is 111 cm³/mol. The van der Waals surface area contributed by atoms with E-state index in [1.165, 1.54) is 23.1 Å². The Balaban J connectivity index is 1.84. The molecule has 1 aliphatic heterocycles. The number of benzene rings is 1. The number of para-hydroxylation sites is 1. The molecule has 0 bridgehead atoms. The number of nitrogens with zero attached hydrogens (tertiary/aromatic N) is 4. The minimum Gasteiger partial charge on any atom is -0.320 e. The summed E-state index contributed by atoms with van der Waals surface area (Å²) in [4.78, 5) is 25.8. The summed E-state index contributed by atoms with van der Waals surface area (Å²) in [5.41, 5.74) is 1.22. The zero-order chi connectivity index (χ0) is 21.3. The number of hydrogen-bond acceptors (Lipinski definition) is 4. The van der Waals surface area contributed by atoms with Gasteiger partial charge >= 0.3 is 0 Å². The monoisotopic (exact) mass is 421 g/mol. The molecule has 1 aliphatic rings. The molecule has 1 aromatic heterocycles. The summed E-state index contributed by atoms with van der Waals surface area (Å²) < 4.78 is 30.4. The van der Waals surface area contributed by atoms with E-state index in [0.29, 0.717) is 30.8 Å². The number of piperidine rings is 1. The molecule has 0 radical (unpaired) electrons. The number of anilines is 1. The molecule has 1 atom stereocenters. The second-order valence-electron chi connectivity index (χ2n) is 7.41. The molecule has 1 aromatic carbocycles. The summed E-state index contributed by atoms with van der Waals surface area (Å²) in [6.45, 7) is 2.25. The van der Waals surface area contributed by atoms with Crippen LogP contribution in [0, 0.1) is 12.8 Å². The van der Waals surface area contributed by atoms with Gasteiger partial charge < -0.3 is 5.32 Å². The van der Waals surface area contributed by atoms with Crippen LogP contribution in [0.4, 0.5) is 5.69 Å². The molecule has 2 heterocycles. The van der Waals surface area contributed by atoms with E-state index < -0.39 is 16.1 Å². The van der Waals surface area contributed by atoms with Gasteiger partial charge in [0.25, 0.3) is 15.8 Å². The van der Waals surface area contributed by atoms with Crippen molar-refractivity contribution in [2.45, 2.75) is 19.8 Å². The van der Waals surface area contributed by atoms with E-state index in [-0.39, 0.29) is 23.7 Å². The number of aromatic nitrogens is 2. The Hall–Kier alpha value is -2.43. The van der Waals surface area contributed by atoms with Crippen LogP contribution in [0.15, 0.2) is 35.1 Å². The van der Waals surface area contributed by atoms with E-state index in [1.807, 2.05) is 30.3 Å². The lowest BCUT2D eigenvalue weighted by molar-refractivity contribution is -0.120. The fourth-order valence-electron chi connectivity index (χ4n) is 3.53. The number of hydrogen-bond donors (Lipinski definition) is 1. The average Bonchev–Trinajstić information content (AvgIpc) is 2.91. The molecule has 158 valence electrons. The van der Waals surface area contributed by atoms with Crippen LogP contribution in [0.25, 0.3) is 5.69 Å². The first-order valence-electron chi connectivity index (χ1n) is 9.47. The van der Waals surface area contributed by atoms with Gasteiger partial charge in [0, 0.05) is 34.2 Å². The van der Waals surface area contributed by atoms with E-state index in [0.717, 1.165) is 4.31 Å². The van der Waals surface area contributed by atoms with Gasteiger partial charge in [-0.05, 0) is 31.9 Å². The van der Waals surface area contributed by atoms with Crippen molar-refractivity contribution in [1.82, 2.24) is 18.0 Å². The first kappa shape index (κ1) is 21.3. The first-order chi connectivity index (χ1) is 13.6. The molecule has 3 rings (SSSR count). The van der Waals surface area contributed by atoms with Gasteiger partial charge in [0.05, 0.1) is 17.3 Å². The number of rotatable bonds is 5. The highest BCUT2D eigenvalue weighted by Gasteiger charge is 2.34. The Bertz CT molecular complexity index is 1060. The Labute approximate surface area is 170 Å². The Morgan fingerprint density at radius 3 is 2.48 bits per heavy atom. The van der Waals surface area contributed by atoms with Crippen LogP contribution in [-0.4, -0.2) is 59.5 Å². The zero-order valence-corrected chi connectivity index (χ0v) is 17.9. The molecule has 29 heavy (non-hydrogen) atoms. The number of carbonyl (C=O) groups excluding carboxylic acids is 1. The molecule has 10 heteroatoms. The van der Waals surface area contributed by atoms with Crippen LogP contribution in [0.5, 0.6) is 0 Å². The van der Waals surface area contributed by atoms with Crippen LogP contribution in [-0.2, 0) is 22.1 Å². The highest BCUT2D eigenvalue weighted by Crippen LogP contribution is 2.22. The maximum absolute atomic E-state index is 13.0. The minimum atomic E-state index is -3.58. The van der Waals surface area contributed by atoms with Crippen LogP contribution < -0.4 is 10.9 Å². The van der Waals surface area contributed by atoms with Crippen molar-refractivity contribution in [3.05, 3.63) is 46.4 Å². The summed E-state index contributed by atoms with van der Waals surface area (Å²) in [5.74, 6) is -0.850. The Kier molecular flexibility index (Phi) is 5.97. The van der Waals surface area contributed by atoms with E-state index in [4.69, 9.17) is 0 Å². The molecule has 0 spiro atoms. The van der Waals surface area contributed by atoms with Crippen LogP contribution >= 0.6 is 0 Å². The van der Waals surface area contributed by atoms with Crippen molar-refractivity contribution in [3.8, 4) is 5.69 Å². The highest BCUT2D eigenvalue weighted by atomic mass is 32.2. The molecule has 1 saturated heterocycles. The molecule has 0 saturated carbocycles. The summed E-state index contributed by atoms with van der Waals surface area (Å²) in [7, 11) is 1.12. The number of amides is 1. The zero-order valence-electron chi connectivity index (χ0n) is 17.1. The third kappa shape index (κ3) is 4.00. The number of carbonyl (C=O) groups is 1. The second kappa shape index (κ2) is 8.13. The number of nitrogens with one attached hydrogen (secondary N) is 1. The molecule has 0 unspecified atom stereocenters. The molecule has 2 aromatic rings. The van der Waals surface area contributed by atoms with Gasteiger partial charge in [-0.15, -0.1) is 0 Å². The second-order valence-corrected chi connectivity index (χ2v) is 9.56. The van der Waals surface area contributed by atoms with E-state index in [9.17, 15) is 18.0 Å². The van der Waals surface area contributed by atoms with Gasteiger partial charge in [0.15, 0.2) is 0 Å². The van der Waals surface area contributed by atoms with Gasteiger partial charge in [0.1, 0.15) is 5.69 Å². The average molecular weight is 422 g/mol. The fraction of sp³-hybridized carbons (Fsp3) is 0.474. The lowest BCUT2D eigenvalue weighted by Gasteiger charge is -2.32. The van der Waals surface area contributed by atoms with Crippen LogP contribution in [0.3, 0.4) is 0 Å². The Morgan fingerprint density at radius 1 is 1.21 bits per heavy atom. The SMILES string of the molecule is Cc1c(NC(=O)[C@H]2CCCN(S(=O)(=O)N(C)C)C2)c(=O)n(-c2ccccc2)n1C. The summed E-state index contributed by atoms with van der Waals surface area (Å²) in [5, 5.41) is 2.75. The van der Waals surface area contributed by atoms with Gasteiger partial charge in [-0.25, -0.2) is 4.68 Å². The minimum absolute atomic E-state index is 0.102. The maximum atomic E-state index is 13.0. The molecular formula is C19H27N5O4S. The van der Waals surface area contributed by atoms with Crippen molar-refractivity contribution < 1.29 is 13.2 Å². The van der Waals surface area contributed by atoms with Crippen LogP contribution in [0.1, 0.15) is 18.5 Å². The van der Waals surface area contributed by atoms with E-state index in [2.05, 4.69) is 5.32 Å². The fourth-order valence-corrected chi connectivity index (χ4v) is 4.72. The van der Waals surface area contributed by atoms with E-state index in [1.54, 1.807) is 18.7 Å². The smallest absolute Gasteiger partial charge is 0.295 e. The van der Waals surface area contributed by atoms with Crippen molar-refractivity contribution in [3.63, 3.8) is 0 Å². The summed E-state index contributed by atoms with van der Waals surface area (Å²) in [6.07, 6.45) is 1.16. The topological polar surface area (TPSA) is 96.7 Å². The molecule has 9 nitrogen and oxygen atoms in total. The van der Waals surface area contributed by atoms with Crippen molar-refractivity contribution in [2.75, 3.05) is 32.5 Å². The largest absolute Gasteiger partial charge is 0.320 e. The summed E-state index contributed by atoms with van der Waals surface area (Å²) in [6, 6.07) is 9.17. The molecule has 1 fully saturated rings. The van der Waals surface area contributed by atoms with E-state index >= 15 is 0 Å². The van der Waals surface area contributed by atoms with Gasteiger partial charge in [-0.3, -0.25) is 14.3 Å². The third-order valence-corrected chi connectivity index (χ3v) is 7.25. The van der Waals surface area contributed by atoms with Crippen molar-refractivity contribution in [1.29, 1.82) is 0 Å². The maximum Gasteiger partial charge on any atom is 0.295 e. The standard InChI is InChI=1S/C19H27N5O4S/c1-14-17(19(26)24(22(14)4)16-10-6-5-7-11-16)20-18(25)15-9-8-12-23(13-15)29(27,28)21(2)3/h5-7,10-11,15H,8-9,12-13H2,1-4H3,(H,20,25)/t15-/m0/s1. The highest BCUT2D eigenvalue weighted by molar-refractivity contribution is 7.86. The molecule has 1 N–H and O–H groups in total. The molecule has 0 aliphatic carbocycles. The molecule has 1 amide bonds. The molecular weight excluding hydrogens is 394 g/mol. The third-order valence-electron chi connectivity index (χ3n) is 5.35. The van der Waals surface area contributed by atoms with Gasteiger partial charge in [-0.2, -0.15) is 17.0 Å². The van der Waals surface area contributed by atoms with Gasteiger partial charge in [-0.1, -0.05) is 18.2 Å². The normalized spacial score (nSPS) is 18.2. The first-order valence-corrected chi connectivity index (χ1v) is 10.9. The quantitative estimate of drug-likeness (QED) is 0.777. The predicted octanol–water partition coefficient (Wildman–Crippen LogP) is 0.941. The van der Waals surface area contributed by atoms with Crippen molar-refractivity contribution in [2.24, 2.45) is 13.0 Å². The Morgan fingerprint density at radius 2 is 1.86 bits per heavy atom. The van der Waals surface area contributed by atoms with Gasteiger partial charge in [0.2, 0.25) is 5.91 Å².